The lowest BCUT2D eigenvalue weighted by Crippen LogP contribution is -2.26. The molecule has 1 aromatic carbocycles. The minimum absolute atomic E-state index is 0.0925. The molecule has 2 aromatic heterocycles. The summed E-state index contributed by atoms with van der Waals surface area (Å²) >= 11 is 0. The lowest BCUT2D eigenvalue weighted by atomic mass is 9.79. The first-order valence-corrected chi connectivity index (χ1v) is 10.9. The molecule has 0 bridgehead atoms. The van der Waals surface area contributed by atoms with Crippen LogP contribution in [0.1, 0.15) is 66.5 Å². The second kappa shape index (κ2) is 9.15. The van der Waals surface area contributed by atoms with Gasteiger partial charge in [-0.15, -0.1) is 0 Å². The Balaban J connectivity index is 0.00000149. The Morgan fingerprint density at radius 3 is 2.55 bits per heavy atom. The highest BCUT2D eigenvalue weighted by Gasteiger charge is 2.28. The maximum absolute atomic E-state index is 14.7. The molecule has 176 valence electrons. The first-order chi connectivity index (χ1) is 15.5. The smallest absolute Gasteiger partial charge is 0.254 e. The van der Waals surface area contributed by atoms with E-state index in [4.69, 9.17) is 14.5 Å². The summed E-state index contributed by atoms with van der Waals surface area (Å²) in [5, 5.41) is 11.8. The Bertz CT molecular complexity index is 1270. The van der Waals surface area contributed by atoms with Crippen LogP contribution < -0.4 is 5.56 Å². The summed E-state index contributed by atoms with van der Waals surface area (Å²) in [5.74, 6) is 0.0428. The zero-order valence-electron chi connectivity index (χ0n) is 20.1. The van der Waals surface area contributed by atoms with Gasteiger partial charge in [0.25, 0.3) is 5.56 Å². The zero-order valence-corrected chi connectivity index (χ0v) is 20.1. The second-order valence-corrected chi connectivity index (χ2v) is 9.19. The minimum Gasteiger partial charge on any atom is -0.386 e. The Morgan fingerprint density at radius 2 is 1.94 bits per heavy atom. The maximum Gasteiger partial charge on any atom is 0.254 e. The van der Waals surface area contributed by atoms with E-state index in [0.29, 0.717) is 39.5 Å². The van der Waals surface area contributed by atoms with Gasteiger partial charge in [-0.2, -0.15) is 0 Å². The number of methoxy groups -OCH3 is 1. The molecule has 1 aliphatic rings. The fraction of sp³-hybridized carbons (Fsp3) is 0.423. The van der Waals surface area contributed by atoms with Crippen LogP contribution in [0, 0.1) is 19.7 Å². The van der Waals surface area contributed by atoms with Crippen molar-refractivity contribution in [2.45, 2.75) is 65.6 Å². The van der Waals surface area contributed by atoms with Gasteiger partial charge in [0.15, 0.2) is 0 Å². The minimum atomic E-state index is -1.24. The number of aromatic nitrogens is 2. The number of carbonyl (C=O) groups is 1. The van der Waals surface area contributed by atoms with Gasteiger partial charge in [0.2, 0.25) is 0 Å². The van der Waals surface area contributed by atoms with Gasteiger partial charge in [0.05, 0.1) is 29.1 Å². The predicted molar refractivity (Wildman–Crippen MR) is 127 cm³/mol. The van der Waals surface area contributed by atoms with Crippen molar-refractivity contribution in [1.82, 2.24) is 9.97 Å². The van der Waals surface area contributed by atoms with Crippen LogP contribution in [0.4, 0.5) is 4.39 Å². The number of H-pyrrole nitrogens is 1. The zero-order chi connectivity index (χ0) is 24.7. The number of hydrogen-bond acceptors (Lipinski definition) is 5. The topological polar surface area (TPSA) is 92.3 Å². The largest absolute Gasteiger partial charge is 0.386 e. The number of hydrogen-bond donors (Lipinski definition) is 2. The van der Waals surface area contributed by atoms with Gasteiger partial charge < -0.3 is 19.6 Å². The molecule has 0 radical (unpaired) electrons. The molecule has 7 heteroatoms. The van der Waals surface area contributed by atoms with Crippen molar-refractivity contribution in [3.05, 3.63) is 61.7 Å². The van der Waals surface area contributed by atoms with Crippen LogP contribution in [0.2, 0.25) is 0 Å². The summed E-state index contributed by atoms with van der Waals surface area (Å²) in [6.07, 6.45) is 1.77. The molecule has 6 nitrogen and oxygen atoms in total. The van der Waals surface area contributed by atoms with Crippen molar-refractivity contribution < 1.29 is 19.0 Å². The molecule has 0 spiro atoms. The average Bonchev–Trinajstić information content (AvgIpc) is 2.76. The van der Waals surface area contributed by atoms with E-state index < -0.39 is 5.60 Å². The van der Waals surface area contributed by atoms with Crippen LogP contribution in [0.5, 0.6) is 0 Å². The number of ether oxygens (including phenoxy) is 1. The second-order valence-electron chi connectivity index (χ2n) is 9.19. The number of halogens is 1. The van der Waals surface area contributed by atoms with Gasteiger partial charge in [-0.1, -0.05) is 6.92 Å². The molecular formula is C26H31FN2O4. The van der Waals surface area contributed by atoms with Crippen LogP contribution in [-0.2, 0) is 28.2 Å². The van der Waals surface area contributed by atoms with Crippen molar-refractivity contribution in [3.63, 3.8) is 0 Å². The Kier molecular flexibility index (Phi) is 6.86. The molecule has 0 unspecified atom stereocenters. The molecule has 2 N–H and O–H groups in total. The molecule has 0 saturated carbocycles. The first kappa shape index (κ1) is 24.7. The number of pyridine rings is 2. The summed E-state index contributed by atoms with van der Waals surface area (Å²) < 4.78 is 19.8. The Morgan fingerprint density at radius 1 is 1.27 bits per heavy atom. The molecule has 1 atom stereocenters. The number of aliphatic hydroxyl groups is 1. The van der Waals surface area contributed by atoms with E-state index in [9.17, 15) is 14.3 Å². The highest BCUT2D eigenvalue weighted by Crippen LogP contribution is 2.42. The third-order valence-electron chi connectivity index (χ3n) is 6.55. The monoisotopic (exact) mass is 454 g/mol. The van der Waals surface area contributed by atoms with Gasteiger partial charge in [-0.05, 0) is 80.3 Å². The van der Waals surface area contributed by atoms with Crippen molar-refractivity contribution >= 4 is 17.7 Å². The van der Waals surface area contributed by atoms with E-state index in [-0.39, 0.29) is 18.0 Å². The first-order valence-electron chi connectivity index (χ1n) is 10.9. The van der Waals surface area contributed by atoms with Crippen molar-refractivity contribution in [2.24, 2.45) is 0 Å². The quantitative estimate of drug-likeness (QED) is 0.602. The van der Waals surface area contributed by atoms with E-state index in [1.165, 1.54) is 13.2 Å². The van der Waals surface area contributed by atoms with E-state index in [0.717, 1.165) is 34.9 Å². The van der Waals surface area contributed by atoms with E-state index in [2.05, 4.69) is 11.9 Å². The fourth-order valence-corrected chi connectivity index (χ4v) is 4.94. The highest BCUT2D eigenvalue weighted by atomic mass is 19.1. The Hall–Kier alpha value is -2.90. The van der Waals surface area contributed by atoms with Gasteiger partial charge >= 0.3 is 0 Å². The van der Waals surface area contributed by atoms with Gasteiger partial charge in [-0.25, -0.2) is 9.37 Å². The molecule has 3 aromatic rings. The van der Waals surface area contributed by atoms with Crippen molar-refractivity contribution in [3.8, 4) is 11.4 Å². The van der Waals surface area contributed by atoms with E-state index in [1.54, 1.807) is 19.9 Å². The molecule has 33 heavy (non-hydrogen) atoms. The van der Waals surface area contributed by atoms with Crippen molar-refractivity contribution in [1.29, 1.82) is 0 Å². The molecule has 0 saturated heterocycles. The maximum atomic E-state index is 14.7. The lowest BCUT2D eigenvalue weighted by Gasteiger charge is -2.28. The predicted octanol–water partition coefficient (Wildman–Crippen LogP) is 4.58. The van der Waals surface area contributed by atoms with Gasteiger partial charge in [-0.3, -0.25) is 4.79 Å². The van der Waals surface area contributed by atoms with Crippen LogP contribution in [0.15, 0.2) is 16.9 Å². The molecule has 1 aliphatic carbocycles. The normalized spacial score (nSPS) is 15.3. The number of carbonyl (C=O) groups excluding carboxylic acids is 1. The van der Waals surface area contributed by atoms with Gasteiger partial charge in [0.1, 0.15) is 12.6 Å². The SMILES string of the molecule is C=O.COCc1c(C(C)(C)O)cc(-c2nc3cc(F)c(C)c4c3c(c2C)[C@@H](C)CC4)[nH]c1=O. The number of aromatic amines is 1. The third kappa shape index (κ3) is 4.23. The molecule has 0 aliphatic heterocycles. The van der Waals surface area contributed by atoms with Crippen LogP contribution in [-0.4, -0.2) is 29.0 Å². The Labute approximate surface area is 192 Å². The fourth-order valence-electron chi connectivity index (χ4n) is 4.94. The average molecular weight is 455 g/mol. The summed E-state index contributed by atoms with van der Waals surface area (Å²) in [4.78, 5) is 28.6. The summed E-state index contributed by atoms with van der Waals surface area (Å²) in [6, 6.07) is 3.26. The third-order valence-corrected chi connectivity index (χ3v) is 6.55. The lowest BCUT2D eigenvalue weighted by molar-refractivity contribution is -0.0980. The molecular weight excluding hydrogens is 423 g/mol. The number of benzene rings is 1. The summed E-state index contributed by atoms with van der Waals surface area (Å²) in [7, 11) is 1.51. The number of nitrogens with zero attached hydrogens (tertiary/aromatic N) is 1. The van der Waals surface area contributed by atoms with E-state index in [1.807, 2.05) is 20.6 Å². The molecule has 0 amide bonds. The number of rotatable bonds is 4. The van der Waals surface area contributed by atoms with Crippen LogP contribution in [0.3, 0.4) is 0 Å². The summed E-state index contributed by atoms with van der Waals surface area (Å²) in [6.45, 7) is 11.4. The summed E-state index contributed by atoms with van der Waals surface area (Å²) in [5.41, 5.74) is 4.90. The highest BCUT2D eigenvalue weighted by molar-refractivity contribution is 5.92. The van der Waals surface area contributed by atoms with E-state index >= 15 is 0 Å². The standard InChI is InChI=1S/C25H29FN2O3.CH2O/c1-12-7-8-15-13(2)18(26)10-19-22(15)21(12)14(3)23(27-19)20-9-17(25(4,5)30)16(11-31-6)24(29)28-20;1-2/h9-10,12,30H,7-8,11H2,1-6H3,(H,28,29);1H2/t12-;/m0./s1. The number of nitrogens with one attached hydrogen (secondary N) is 1. The molecule has 4 rings (SSSR count). The van der Waals surface area contributed by atoms with Crippen molar-refractivity contribution in [2.75, 3.05) is 7.11 Å². The van der Waals surface area contributed by atoms with Crippen LogP contribution in [0.25, 0.3) is 22.3 Å². The molecule has 2 heterocycles. The molecule has 0 fully saturated rings. The number of aryl methyl sites for hydroxylation is 1. The van der Waals surface area contributed by atoms with Crippen LogP contribution >= 0.6 is 0 Å². The van der Waals surface area contributed by atoms with Gasteiger partial charge in [0, 0.05) is 24.1 Å².